The molecule has 1 amide bonds. The van der Waals surface area contributed by atoms with Crippen LogP contribution in [0, 0.1) is 0 Å². The van der Waals surface area contributed by atoms with Crippen LogP contribution in [-0.4, -0.2) is 21.8 Å². The number of rotatable bonds is 4. The first kappa shape index (κ1) is 15.1. The van der Waals surface area contributed by atoms with Crippen molar-refractivity contribution in [3.05, 3.63) is 53.9 Å². The fourth-order valence-corrected chi connectivity index (χ4v) is 1.89. The SMILES string of the molecule is O=C(Nc1cccc(CO)c1)c1cccn1CC(F)(F)F. The molecule has 2 rings (SSSR count). The zero-order valence-electron chi connectivity index (χ0n) is 10.9. The van der Waals surface area contributed by atoms with Gasteiger partial charge in [-0.3, -0.25) is 4.79 Å². The molecule has 1 aromatic carbocycles. The van der Waals surface area contributed by atoms with E-state index in [9.17, 15) is 18.0 Å². The van der Waals surface area contributed by atoms with Crippen molar-refractivity contribution in [2.75, 3.05) is 5.32 Å². The second kappa shape index (κ2) is 6.01. The summed E-state index contributed by atoms with van der Waals surface area (Å²) >= 11 is 0. The summed E-state index contributed by atoms with van der Waals surface area (Å²) in [5, 5.41) is 11.5. The van der Waals surface area contributed by atoms with E-state index < -0.39 is 18.6 Å². The smallest absolute Gasteiger partial charge is 0.392 e. The first-order valence-electron chi connectivity index (χ1n) is 6.12. The highest BCUT2D eigenvalue weighted by Crippen LogP contribution is 2.20. The van der Waals surface area contributed by atoms with Gasteiger partial charge < -0.3 is 15.0 Å². The van der Waals surface area contributed by atoms with E-state index in [-0.39, 0.29) is 12.3 Å². The van der Waals surface area contributed by atoms with Crippen molar-refractivity contribution in [1.29, 1.82) is 0 Å². The Bertz CT molecular complexity index is 635. The third kappa shape index (κ3) is 4.09. The van der Waals surface area contributed by atoms with Gasteiger partial charge in [0.15, 0.2) is 0 Å². The maximum atomic E-state index is 12.4. The normalized spacial score (nSPS) is 11.4. The average Bonchev–Trinajstić information content (AvgIpc) is 2.85. The lowest BCUT2D eigenvalue weighted by atomic mass is 10.2. The number of aromatic nitrogens is 1. The third-order valence-electron chi connectivity index (χ3n) is 2.78. The minimum absolute atomic E-state index is 0.0817. The molecule has 0 aliphatic rings. The van der Waals surface area contributed by atoms with Crippen molar-refractivity contribution in [3.63, 3.8) is 0 Å². The summed E-state index contributed by atoms with van der Waals surface area (Å²) in [6.45, 7) is -1.41. The first-order valence-corrected chi connectivity index (χ1v) is 6.12. The van der Waals surface area contributed by atoms with Crippen molar-refractivity contribution in [3.8, 4) is 0 Å². The number of carbonyl (C=O) groups is 1. The predicted molar refractivity (Wildman–Crippen MR) is 70.8 cm³/mol. The molecule has 0 bridgehead atoms. The molecule has 4 nitrogen and oxygen atoms in total. The van der Waals surface area contributed by atoms with Gasteiger partial charge in [0.05, 0.1) is 6.61 Å². The van der Waals surface area contributed by atoms with Crippen LogP contribution in [0.15, 0.2) is 42.6 Å². The second-order valence-corrected chi connectivity index (χ2v) is 4.45. The topological polar surface area (TPSA) is 54.3 Å². The fraction of sp³-hybridized carbons (Fsp3) is 0.214. The number of halogens is 3. The largest absolute Gasteiger partial charge is 0.406 e. The molecule has 0 fully saturated rings. The number of hydrogen-bond donors (Lipinski definition) is 2. The lowest BCUT2D eigenvalue weighted by molar-refractivity contribution is -0.140. The van der Waals surface area contributed by atoms with Crippen LogP contribution in [-0.2, 0) is 13.2 Å². The Morgan fingerprint density at radius 1 is 1.24 bits per heavy atom. The van der Waals surface area contributed by atoms with E-state index in [1.54, 1.807) is 24.3 Å². The standard InChI is InChI=1S/C14H13F3N2O2/c15-14(16,17)9-19-6-2-5-12(19)13(21)18-11-4-1-3-10(7-11)8-20/h1-7,20H,8-9H2,(H,18,21). The summed E-state index contributed by atoms with van der Waals surface area (Å²) in [4.78, 5) is 12.0. The van der Waals surface area contributed by atoms with Crippen molar-refractivity contribution >= 4 is 11.6 Å². The van der Waals surface area contributed by atoms with E-state index in [0.29, 0.717) is 11.3 Å². The fourth-order valence-electron chi connectivity index (χ4n) is 1.89. The summed E-state index contributed by atoms with van der Waals surface area (Å²) in [7, 11) is 0. The van der Waals surface area contributed by atoms with Crippen LogP contribution in [0.1, 0.15) is 16.1 Å². The van der Waals surface area contributed by atoms with E-state index in [1.165, 1.54) is 18.3 Å². The van der Waals surface area contributed by atoms with Crippen LogP contribution in [0.3, 0.4) is 0 Å². The van der Waals surface area contributed by atoms with Crippen LogP contribution >= 0.6 is 0 Å². The lowest BCUT2D eigenvalue weighted by Crippen LogP contribution is -2.23. The van der Waals surface area contributed by atoms with Crippen molar-refractivity contribution < 1.29 is 23.1 Å². The molecule has 0 radical (unpaired) electrons. The number of anilines is 1. The van der Waals surface area contributed by atoms with Gasteiger partial charge in [-0.25, -0.2) is 0 Å². The molecule has 0 aliphatic carbocycles. The van der Waals surface area contributed by atoms with Crippen LogP contribution in [0.5, 0.6) is 0 Å². The number of nitrogens with zero attached hydrogens (tertiary/aromatic N) is 1. The Kier molecular flexibility index (Phi) is 4.32. The molecule has 0 atom stereocenters. The van der Waals surface area contributed by atoms with Gasteiger partial charge in [0.25, 0.3) is 5.91 Å². The van der Waals surface area contributed by atoms with E-state index in [2.05, 4.69) is 5.32 Å². The molecule has 21 heavy (non-hydrogen) atoms. The molecule has 0 saturated carbocycles. The third-order valence-corrected chi connectivity index (χ3v) is 2.78. The van der Waals surface area contributed by atoms with Gasteiger partial charge in [-0.15, -0.1) is 0 Å². The molecular weight excluding hydrogens is 285 g/mol. The van der Waals surface area contributed by atoms with Gasteiger partial charge in [0, 0.05) is 11.9 Å². The Morgan fingerprint density at radius 3 is 2.67 bits per heavy atom. The van der Waals surface area contributed by atoms with Crippen LogP contribution in [0.25, 0.3) is 0 Å². The zero-order chi connectivity index (χ0) is 15.5. The molecule has 1 heterocycles. The molecule has 0 aliphatic heterocycles. The molecule has 0 unspecified atom stereocenters. The average molecular weight is 298 g/mol. The van der Waals surface area contributed by atoms with Crippen molar-refractivity contribution in [1.82, 2.24) is 4.57 Å². The molecule has 7 heteroatoms. The summed E-state index contributed by atoms with van der Waals surface area (Å²) in [5.41, 5.74) is 0.923. The highest BCUT2D eigenvalue weighted by molar-refractivity contribution is 6.03. The first-order chi connectivity index (χ1) is 9.89. The summed E-state index contributed by atoms with van der Waals surface area (Å²) in [6, 6.07) is 9.14. The molecule has 2 aromatic rings. The van der Waals surface area contributed by atoms with Crippen molar-refractivity contribution in [2.24, 2.45) is 0 Å². The number of alkyl halides is 3. The van der Waals surface area contributed by atoms with Crippen LogP contribution in [0.2, 0.25) is 0 Å². The van der Waals surface area contributed by atoms with Crippen LogP contribution < -0.4 is 5.32 Å². The second-order valence-electron chi connectivity index (χ2n) is 4.45. The van der Waals surface area contributed by atoms with Gasteiger partial charge in [0.2, 0.25) is 0 Å². The Morgan fingerprint density at radius 2 is 2.00 bits per heavy atom. The highest BCUT2D eigenvalue weighted by atomic mass is 19.4. The van der Waals surface area contributed by atoms with E-state index >= 15 is 0 Å². The maximum absolute atomic E-state index is 12.4. The minimum Gasteiger partial charge on any atom is -0.392 e. The van der Waals surface area contributed by atoms with E-state index in [4.69, 9.17) is 5.11 Å². The Labute approximate surface area is 118 Å². The van der Waals surface area contributed by atoms with E-state index in [0.717, 1.165) is 4.57 Å². The number of amides is 1. The predicted octanol–water partition coefficient (Wildman–Crippen LogP) is 2.80. The van der Waals surface area contributed by atoms with Gasteiger partial charge in [-0.1, -0.05) is 12.1 Å². The number of hydrogen-bond acceptors (Lipinski definition) is 2. The monoisotopic (exact) mass is 298 g/mol. The number of nitrogens with one attached hydrogen (secondary N) is 1. The molecule has 2 N–H and O–H groups in total. The molecular formula is C14H13F3N2O2. The van der Waals surface area contributed by atoms with Gasteiger partial charge in [-0.2, -0.15) is 13.2 Å². The molecule has 112 valence electrons. The maximum Gasteiger partial charge on any atom is 0.406 e. The Hall–Kier alpha value is -2.28. The van der Waals surface area contributed by atoms with Crippen LogP contribution in [0.4, 0.5) is 18.9 Å². The highest BCUT2D eigenvalue weighted by Gasteiger charge is 2.29. The molecule has 0 saturated heterocycles. The van der Waals surface area contributed by atoms with E-state index in [1.807, 2.05) is 0 Å². The molecule has 0 spiro atoms. The van der Waals surface area contributed by atoms with Gasteiger partial charge in [0.1, 0.15) is 12.2 Å². The summed E-state index contributed by atoms with van der Waals surface area (Å²) in [6.07, 6.45) is -3.20. The number of carbonyl (C=O) groups excluding carboxylic acids is 1. The summed E-state index contributed by atoms with van der Waals surface area (Å²) < 4.78 is 38.1. The zero-order valence-corrected chi connectivity index (χ0v) is 10.9. The minimum atomic E-state index is -4.40. The Balaban J connectivity index is 2.15. The quantitative estimate of drug-likeness (QED) is 0.912. The number of aliphatic hydroxyl groups excluding tert-OH is 1. The molecule has 1 aromatic heterocycles. The van der Waals surface area contributed by atoms with Gasteiger partial charge in [-0.05, 0) is 29.8 Å². The number of benzene rings is 1. The van der Waals surface area contributed by atoms with Crippen molar-refractivity contribution in [2.45, 2.75) is 19.3 Å². The summed E-state index contributed by atoms with van der Waals surface area (Å²) in [5.74, 6) is -0.640. The van der Waals surface area contributed by atoms with Gasteiger partial charge >= 0.3 is 6.18 Å². The lowest BCUT2D eigenvalue weighted by Gasteiger charge is -2.12. The number of aliphatic hydroxyl groups is 1.